The number of fused-ring (bicyclic) bond motifs is 1. The number of anilines is 1. The van der Waals surface area contributed by atoms with Gasteiger partial charge in [-0.15, -0.1) is 0 Å². The summed E-state index contributed by atoms with van der Waals surface area (Å²) >= 11 is 0. The Kier molecular flexibility index (Phi) is 5.96. The van der Waals surface area contributed by atoms with Crippen LogP contribution in [0.1, 0.15) is 10.5 Å². The fourth-order valence-electron chi connectivity index (χ4n) is 3.53. The number of aromatic nitrogens is 2. The van der Waals surface area contributed by atoms with Crippen molar-refractivity contribution in [3.63, 3.8) is 0 Å². The van der Waals surface area contributed by atoms with Crippen molar-refractivity contribution in [2.24, 2.45) is 7.05 Å². The fourth-order valence-corrected chi connectivity index (χ4v) is 4.96. The second-order valence-electron chi connectivity index (χ2n) is 7.16. The minimum absolute atomic E-state index is 0.0220. The van der Waals surface area contributed by atoms with E-state index in [0.29, 0.717) is 24.0 Å². The van der Waals surface area contributed by atoms with Gasteiger partial charge in [0.15, 0.2) is 5.69 Å². The number of rotatable bonds is 5. The number of amides is 1. The molecule has 32 heavy (non-hydrogen) atoms. The van der Waals surface area contributed by atoms with Crippen LogP contribution >= 0.6 is 0 Å². The number of morpholine rings is 1. The Hall–Kier alpha value is -3.28. The van der Waals surface area contributed by atoms with Crippen LogP contribution in [-0.2, 0) is 21.8 Å². The van der Waals surface area contributed by atoms with Crippen LogP contribution in [0.5, 0.6) is 5.75 Å². The van der Waals surface area contributed by atoms with Crippen molar-refractivity contribution in [1.29, 1.82) is 0 Å². The molecule has 0 radical (unpaired) electrons. The lowest BCUT2D eigenvalue weighted by molar-refractivity contribution is 0.0730. The summed E-state index contributed by atoms with van der Waals surface area (Å²) < 4.78 is 39.0. The molecule has 10 nitrogen and oxygen atoms in total. The van der Waals surface area contributed by atoms with Crippen LogP contribution in [-0.4, -0.2) is 61.8 Å². The lowest BCUT2D eigenvalue weighted by atomic mass is 10.1. The summed E-state index contributed by atoms with van der Waals surface area (Å²) in [5.41, 5.74) is -0.119. The van der Waals surface area contributed by atoms with Crippen LogP contribution in [0.25, 0.3) is 10.8 Å². The maximum absolute atomic E-state index is 13.1. The molecule has 0 saturated carbocycles. The number of hydrogen-bond acceptors (Lipinski definition) is 7. The Morgan fingerprint density at radius 2 is 1.81 bits per heavy atom. The molecule has 2 heterocycles. The summed E-state index contributed by atoms with van der Waals surface area (Å²) in [5.74, 6) is -0.315. The molecule has 1 aliphatic rings. The van der Waals surface area contributed by atoms with Crippen molar-refractivity contribution >= 4 is 32.4 Å². The van der Waals surface area contributed by atoms with E-state index in [4.69, 9.17) is 9.47 Å². The Labute approximate surface area is 184 Å². The molecule has 0 unspecified atom stereocenters. The highest BCUT2D eigenvalue weighted by Crippen LogP contribution is 2.30. The summed E-state index contributed by atoms with van der Waals surface area (Å²) in [6, 6.07) is 10.9. The first-order chi connectivity index (χ1) is 15.3. The summed E-state index contributed by atoms with van der Waals surface area (Å²) in [6.07, 6.45) is 0. The molecule has 2 aromatic carbocycles. The summed E-state index contributed by atoms with van der Waals surface area (Å²) in [7, 11) is -0.894. The van der Waals surface area contributed by atoms with Crippen molar-refractivity contribution in [2.45, 2.75) is 4.90 Å². The number of ether oxygens (including phenoxy) is 2. The smallest absolute Gasteiger partial charge is 0.276 e. The average Bonchev–Trinajstić information content (AvgIpc) is 2.81. The number of carbonyl (C=O) groups excluding carboxylic acids is 1. The minimum Gasteiger partial charge on any atom is -0.495 e. The summed E-state index contributed by atoms with van der Waals surface area (Å²) in [5, 5.41) is 7.54. The van der Waals surface area contributed by atoms with Gasteiger partial charge in [0.1, 0.15) is 5.75 Å². The number of hydrogen-bond donors (Lipinski definition) is 1. The van der Waals surface area contributed by atoms with Gasteiger partial charge in [-0.25, -0.2) is 13.1 Å². The molecular weight excluding hydrogens is 436 g/mol. The standard InChI is InChI=1S/C21H22N4O6S/c1-24-21(27)16-6-4-3-5-15(16)19(23-24)20(26)22-17-13-14(7-8-18(17)30-2)32(28,29)25-9-11-31-12-10-25/h3-8,13H,9-12H2,1-2H3,(H,22,26). The van der Waals surface area contributed by atoms with Gasteiger partial charge in [0, 0.05) is 25.5 Å². The Bertz CT molecular complexity index is 1350. The van der Waals surface area contributed by atoms with E-state index in [1.807, 2.05) is 0 Å². The second kappa shape index (κ2) is 8.69. The van der Waals surface area contributed by atoms with Crippen LogP contribution in [0.4, 0.5) is 5.69 Å². The van der Waals surface area contributed by atoms with E-state index in [1.165, 1.54) is 36.7 Å². The molecule has 1 fully saturated rings. The van der Waals surface area contributed by atoms with E-state index in [-0.39, 0.29) is 40.7 Å². The number of methoxy groups -OCH3 is 1. The molecule has 4 rings (SSSR count). The number of aryl methyl sites for hydroxylation is 1. The zero-order valence-corrected chi connectivity index (χ0v) is 18.4. The molecule has 0 aliphatic carbocycles. The van der Waals surface area contributed by atoms with Gasteiger partial charge >= 0.3 is 0 Å². The molecule has 0 spiro atoms. The zero-order valence-electron chi connectivity index (χ0n) is 17.6. The van der Waals surface area contributed by atoms with Crippen LogP contribution in [0.3, 0.4) is 0 Å². The van der Waals surface area contributed by atoms with E-state index in [0.717, 1.165) is 4.68 Å². The highest BCUT2D eigenvalue weighted by Gasteiger charge is 2.27. The van der Waals surface area contributed by atoms with E-state index in [9.17, 15) is 18.0 Å². The maximum atomic E-state index is 13.1. The minimum atomic E-state index is -3.77. The third kappa shape index (κ3) is 3.97. The molecule has 0 atom stereocenters. The summed E-state index contributed by atoms with van der Waals surface area (Å²) in [6.45, 7) is 1.16. The first-order valence-corrected chi connectivity index (χ1v) is 11.3. The van der Waals surface area contributed by atoms with Gasteiger partial charge < -0.3 is 14.8 Å². The lowest BCUT2D eigenvalue weighted by Gasteiger charge is -2.26. The average molecular weight is 458 g/mol. The SMILES string of the molecule is COc1ccc(S(=O)(=O)N2CCOCC2)cc1NC(=O)c1nn(C)c(=O)c2ccccc12. The Morgan fingerprint density at radius 3 is 2.50 bits per heavy atom. The van der Waals surface area contributed by atoms with Gasteiger partial charge in [-0.1, -0.05) is 18.2 Å². The maximum Gasteiger partial charge on any atom is 0.276 e. The molecule has 1 aromatic heterocycles. The predicted octanol–water partition coefficient (Wildman–Crippen LogP) is 1.22. The van der Waals surface area contributed by atoms with Crippen molar-refractivity contribution in [2.75, 3.05) is 38.7 Å². The Balaban J connectivity index is 1.73. The van der Waals surface area contributed by atoms with Crippen LogP contribution in [0.2, 0.25) is 0 Å². The monoisotopic (exact) mass is 458 g/mol. The van der Waals surface area contributed by atoms with E-state index in [2.05, 4.69) is 10.4 Å². The lowest BCUT2D eigenvalue weighted by Crippen LogP contribution is -2.40. The van der Waals surface area contributed by atoms with Gasteiger partial charge in [-0.05, 0) is 24.3 Å². The number of nitrogens with one attached hydrogen (secondary N) is 1. The van der Waals surface area contributed by atoms with Gasteiger partial charge in [0.25, 0.3) is 11.5 Å². The first kappa shape index (κ1) is 21.9. The van der Waals surface area contributed by atoms with Crippen molar-refractivity contribution in [1.82, 2.24) is 14.1 Å². The highest BCUT2D eigenvalue weighted by molar-refractivity contribution is 7.89. The van der Waals surface area contributed by atoms with E-state index < -0.39 is 15.9 Å². The Morgan fingerprint density at radius 1 is 1.12 bits per heavy atom. The second-order valence-corrected chi connectivity index (χ2v) is 9.09. The van der Waals surface area contributed by atoms with Crippen molar-refractivity contribution in [3.05, 3.63) is 58.5 Å². The third-order valence-electron chi connectivity index (χ3n) is 5.20. The molecular formula is C21H22N4O6S. The normalized spacial score (nSPS) is 14.9. The molecule has 168 valence electrons. The topological polar surface area (TPSA) is 120 Å². The molecule has 1 aliphatic heterocycles. The predicted molar refractivity (Wildman–Crippen MR) is 118 cm³/mol. The molecule has 1 N–H and O–H groups in total. The van der Waals surface area contributed by atoms with Crippen LogP contribution in [0, 0.1) is 0 Å². The highest BCUT2D eigenvalue weighted by atomic mass is 32.2. The van der Waals surface area contributed by atoms with Gasteiger partial charge in [0.2, 0.25) is 10.0 Å². The third-order valence-corrected chi connectivity index (χ3v) is 7.09. The fraction of sp³-hybridized carbons (Fsp3) is 0.286. The van der Waals surface area contributed by atoms with E-state index in [1.54, 1.807) is 24.3 Å². The quantitative estimate of drug-likeness (QED) is 0.610. The number of carbonyl (C=O) groups is 1. The molecule has 3 aromatic rings. The van der Waals surface area contributed by atoms with Crippen LogP contribution in [0.15, 0.2) is 52.2 Å². The van der Waals surface area contributed by atoms with Gasteiger partial charge in [0.05, 0.1) is 36.3 Å². The molecule has 11 heteroatoms. The van der Waals surface area contributed by atoms with Gasteiger partial charge in [-0.2, -0.15) is 9.40 Å². The summed E-state index contributed by atoms with van der Waals surface area (Å²) in [4.78, 5) is 25.5. The van der Waals surface area contributed by atoms with Crippen LogP contribution < -0.4 is 15.6 Å². The molecule has 1 amide bonds. The zero-order chi connectivity index (χ0) is 22.9. The van der Waals surface area contributed by atoms with Crippen molar-refractivity contribution < 1.29 is 22.7 Å². The number of nitrogens with zero attached hydrogens (tertiary/aromatic N) is 3. The first-order valence-electron chi connectivity index (χ1n) is 9.86. The van der Waals surface area contributed by atoms with Gasteiger partial charge in [-0.3, -0.25) is 9.59 Å². The van der Waals surface area contributed by atoms with Crippen molar-refractivity contribution in [3.8, 4) is 5.75 Å². The number of benzene rings is 2. The largest absolute Gasteiger partial charge is 0.495 e. The molecule has 0 bridgehead atoms. The van der Waals surface area contributed by atoms with E-state index >= 15 is 0 Å². The molecule has 1 saturated heterocycles. The number of sulfonamides is 1.